The molecule has 1 fully saturated rings. The first-order valence-corrected chi connectivity index (χ1v) is 13.4. The Morgan fingerprint density at radius 1 is 0.897 bits per heavy atom. The number of hydrogen-bond donors (Lipinski definition) is 1. The molecule has 2 aliphatic rings. The normalized spacial score (nSPS) is 24.3. The monoisotopic (exact) mass is 521 g/mol. The minimum Gasteiger partial charge on any atom is -0.443 e. The minimum absolute atomic E-state index is 0.0734. The van der Waals surface area contributed by atoms with Crippen LogP contribution in [-0.2, 0) is 21.6 Å². The summed E-state index contributed by atoms with van der Waals surface area (Å²) in [6.07, 6.45) is -0.253. The second kappa shape index (κ2) is 9.02. The van der Waals surface area contributed by atoms with Gasteiger partial charge in [0, 0.05) is 40.8 Å². The highest BCUT2D eigenvalue weighted by molar-refractivity contribution is 6.03. The summed E-state index contributed by atoms with van der Waals surface area (Å²) in [4.78, 5) is 41.5. The summed E-state index contributed by atoms with van der Waals surface area (Å²) >= 11 is 0. The number of para-hydroxylation sites is 1. The van der Waals surface area contributed by atoms with Gasteiger partial charge in [-0.25, -0.2) is 9.36 Å². The van der Waals surface area contributed by atoms with Crippen molar-refractivity contribution in [2.75, 3.05) is 0 Å². The van der Waals surface area contributed by atoms with Gasteiger partial charge in [-0.2, -0.15) is 0 Å². The number of carbonyl (C=O) groups excluding carboxylic acids is 3. The number of hydrogen-bond acceptors (Lipinski definition) is 5. The SMILES string of the molecule is CC(C)(C)OC(=O)n1c2c(c3ccccc31)[C@H]1CC(=O)[C@@](O)(c3ccccc3)[C@@H]1[C@@H](C(=O)c1ccccc1)C2. The first-order valence-electron chi connectivity index (χ1n) is 13.4. The highest BCUT2D eigenvalue weighted by Gasteiger charge is 2.62. The van der Waals surface area contributed by atoms with Crippen LogP contribution in [0.2, 0.25) is 0 Å². The smallest absolute Gasteiger partial charge is 0.419 e. The van der Waals surface area contributed by atoms with Gasteiger partial charge in [-0.1, -0.05) is 78.9 Å². The van der Waals surface area contributed by atoms with Crippen molar-refractivity contribution in [1.29, 1.82) is 0 Å². The maximum absolute atomic E-state index is 14.2. The molecule has 6 heteroatoms. The van der Waals surface area contributed by atoms with Gasteiger partial charge in [-0.05, 0) is 44.4 Å². The van der Waals surface area contributed by atoms with E-state index in [1.54, 1.807) is 53.1 Å². The van der Waals surface area contributed by atoms with E-state index in [9.17, 15) is 19.5 Å². The zero-order valence-electron chi connectivity index (χ0n) is 22.3. The molecule has 0 radical (unpaired) electrons. The molecule has 2 aliphatic carbocycles. The van der Waals surface area contributed by atoms with Crippen molar-refractivity contribution in [1.82, 2.24) is 4.57 Å². The molecule has 1 heterocycles. The van der Waals surface area contributed by atoms with E-state index in [1.807, 2.05) is 57.2 Å². The Morgan fingerprint density at radius 3 is 2.18 bits per heavy atom. The molecule has 3 aromatic carbocycles. The molecule has 6 rings (SSSR count). The fourth-order valence-electron chi connectivity index (χ4n) is 6.71. The number of rotatable bonds is 3. The fraction of sp³-hybridized carbons (Fsp3) is 0.303. The van der Waals surface area contributed by atoms with Crippen LogP contribution in [0.5, 0.6) is 0 Å². The molecule has 0 saturated heterocycles. The van der Waals surface area contributed by atoms with E-state index in [2.05, 4.69) is 0 Å². The van der Waals surface area contributed by atoms with E-state index in [-0.39, 0.29) is 24.4 Å². The number of nitrogens with zero attached hydrogens (tertiary/aromatic N) is 1. The molecule has 0 amide bonds. The number of ketones is 2. The molecule has 4 aromatic rings. The number of Topliss-reactive ketones (excluding diaryl/α,β-unsaturated/α-hetero) is 2. The Morgan fingerprint density at radius 2 is 1.51 bits per heavy atom. The molecule has 6 nitrogen and oxygen atoms in total. The summed E-state index contributed by atoms with van der Waals surface area (Å²) < 4.78 is 7.37. The van der Waals surface area contributed by atoms with E-state index in [0.29, 0.717) is 22.3 Å². The number of aliphatic hydroxyl groups is 1. The summed E-state index contributed by atoms with van der Waals surface area (Å²) in [5, 5.41) is 13.1. The molecule has 1 N–H and O–H groups in total. The van der Waals surface area contributed by atoms with Crippen molar-refractivity contribution in [3.63, 3.8) is 0 Å². The Kier molecular flexibility index (Phi) is 5.84. The lowest BCUT2D eigenvalue weighted by molar-refractivity contribution is -0.139. The van der Waals surface area contributed by atoms with Gasteiger partial charge >= 0.3 is 6.09 Å². The lowest BCUT2D eigenvalue weighted by Gasteiger charge is -2.40. The first-order chi connectivity index (χ1) is 18.6. The van der Waals surface area contributed by atoms with E-state index < -0.39 is 35.0 Å². The largest absolute Gasteiger partial charge is 0.443 e. The van der Waals surface area contributed by atoms with Crippen LogP contribution in [0.25, 0.3) is 10.9 Å². The van der Waals surface area contributed by atoms with Gasteiger partial charge in [0.2, 0.25) is 0 Å². The minimum atomic E-state index is -1.83. The summed E-state index contributed by atoms with van der Waals surface area (Å²) in [6.45, 7) is 5.45. The average Bonchev–Trinajstić information content (AvgIpc) is 3.40. The molecule has 1 saturated carbocycles. The van der Waals surface area contributed by atoms with E-state index in [0.717, 1.165) is 10.9 Å². The third-order valence-corrected chi connectivity index (χ3v) is 8.16. The average molecular weight is 522 g/mol. The van der Waals surface area contributed by atoms with Crippen molar-refractivity contribution in [3.8, 4) is 0 Å². The van der Waals surface area contributed by atoms with Gasteiger partial charge in [0.25, 0.3) is 0 Å². The van der Waals surface area contributed by atoms with E-state index in [1.165, 1.54) is 0 Å². The van der Waals surface area contributed by atoms with Crippen LogP contribution < -0.4 is 0 Å². The number of carbonyl (C=O) groups is 3. The van der Waals surface area contributed by atoms with Crippen molar-refractivity contribution < 1.29 is 24.2 Å². The van der Waals surface area contributed by atoms with Crippen molar-refractivity contribution in [2.24, 2.45) is 11.8 Å². The predicted octanol–water partition coefficient (Wildman–Crippen LogP) is 6.04. The number of aromatic nitrogens is 1. The molecule has 0 aliphatic heterocycles. The van der Waals surface area contributed by atoms with Crippen LogP contribution in [0.1, 0.15) is 60.3 Å². The summed E-state index contributed by atoms with van der Waals surface area (Å²) in [7, 11) is 0. The Balaban J connectivity index is 1.60. The van der Waals surface area contributed by atoms with E-state index >= 15 is 0 Å². The fourth-order valence-corrected chi connectivity index (χ4v) is 6.71. The Bertz CT molecular complexity index is 1600. The zero-order chi connectivity index (χ0) is 27.5. The highest BCUT2D eigenvalue weighted by Crippen LogP contribution is 2.58. The van der Waals surface area contributed by atoms with Gasteiger partial charge in [-0.3, -0.25) is 9.59 Å². The molecule has 4 atom stereocenters. The number of benzene rings is 3. The zero-order valence-corrected chi connectivity index (χ0v) is 22.3. The Hall–Kier alpha value is -4.03. The maximum atomic E-state index is 14.2. The molecule has 1 aromatic heterocycles. The second-order valence-corrected chi connectivity index (χ2v) is 11.6. The Labute approximate surface area is 227 Å². The van der Waals surface area contributed by atoms with Gasteiger partial charge in [-0.15, -0.1) is 0 Å². The van der Waals surface area contributed by atoms with Crippen LogP contribution in [0, 0.1) is 11.8 Å². The summed E-state index contributed by atoms with van der Waals surface area (Å²) in [5.74, 6) is -2.33. The quantitative estimate of drug-likeness (QED) is 0.332. The molecule has 0 spiro atoms. The molecule has 0 unspecified atom stereocenters. The van der Waals surface area contributed by atoms with Crippen LogP contribution in [0.4, 0.5) is 4.79 Å². The van der Waals surface area contributed by atoms with Crippen LogP contribution >= 0.6 is 0 Å². The lowest BCUT2D eigenvalue weighted by Crippen LogP contribution is -2.46. The molecule has 198 valence electrons. The van der Waals surface area contributed by atoms with Gasteiger partial charge in [0.1, 0.15) is 5.60 Å². The summed E-state index contributed by atoms with van der Waals surface area (Å²) in [5.41, 5.74) is 0.652. The number of ether oxygens (including phenoxy) is 1. The first kappa shape index (κ1) is 25.3. The maximum Gasteiger partial charge on any atom is 0.419 e. The van der Waals surface area contributed by atoms with Crippen molar-refractivity contribution in [3.05, 3.63) is 107 Å². The number of fused-ring (bicyclic) bond motifs is 5. The molecule has 39 heavy (non-hydrogen) atoms. The lowest BCUT2D eigenvalue weighted by atomic mass is 9.64. The van der Waals surface area contributed by atoms with Crippen LogP contribution in [-0.4, -0.2) is 32.9 Å². The predicted molar refractivity (Wildman–Crippen MR) is 148 cm³/mol. The third-order valence-electron chi connectivity index (χ3n) is 8.16. The van der Waals surface area contributed by atoms with Gasteiger partial charge in [0.05, 0.1) is 5.52 Å². The molecule has 0 bridgehead atoms. The van der Waals surface area contributed by atoms with Crippen molar-refractivity contribution >= 4 is 28.6 Å². The van der Waals surface area contributed by atoms with Gasteiger partial charge < -0.3 is 9.84 Å². The van der Waals surface area contributed by atoms with Crippen molar-refractivity contribution in [2.45, 2.75) is 50.7 Å². The van der Waals surface area contributed by atoms with E-state index in [4.69, 9.17) is 4.74 Å². The molecular formula is C33H31NO5. The van der Waals surface area contributed by atoms with Crippen LogP contribution in [0.15, 0.2) is 84.9 Å². The van der Waals surface area contributed by atoms with Crippen LogP contribution in [0.3, 0.4) is 0 Å². The highest BCUT2D eigenvalue weighted by atomic mass is 16.6. The summed E-state index contributed by atoms with van der Waals surface area (Å²) in [6, 6.07) is 25.5. The third kappa shape index (κ3) is 3.93. The molecular weight excluding hydrogens is 490 g/mol. The topological polar surface area (TPSA) is 85.6 Å². The van der Waals surface area contributed by atoms with Gasteiger partial charge in [0.15, 0.2) is 17.2 Å². The second-order valence-electron chi connectivity index (χ2n) is 11.6. The standard InChI is InChI=1S/C33H31NO5/c1-32(2,3)39-31(37)34-25-17-11-10-16-22(25)28-23-19-27(35)33(38,21-14-8-5-9-15-21)29(23)24(18-26(28)34)30(36)20-12-6-4-7-13-20/h4-17,23-24,29,38H,18-19H2,1-3H3/t23-,24+,29+,33+/m1/s1.